The number of hydrogen-bond acceptors (Lipinski definition) is 4. The second kappa shape index (κ2) is 3.80. The lowest BCUT2D eigenvalue weighted by molar-refractivity contribution is 0.406. The molecule has 64 valence electrons. The Bertz CT molecular complexity index is 273. The Balaban J connectivity index is 2.92. The van der Waals surface area contributed by atoms with Crippen molar-refractivity contribution in [1.82, 2.24) is 5.12 Å². The van der Waals surface area contributed by atoms with Crippen LogP contribution in [0.1, 0.15) is 20.8 Å². The average molecular weight is 164 g/mol. The van der Waals surface area contributed by atoms with Crippen LogP contribution in [0.25, 0.3) is 0 Å². The van der Waals surface area contributed by atoms with Crippen molar-refractivity contribution in [2.24, 2.45) is 15.2 Å². The first-order valence-electron chi connectivity index (χ1n) is 3.82. The Morgan fingerprint density at radius 2 is 2.25 bits per heavy atom. The van der Waals surface area contributed by atoms with Gasteiger partial charge in [0.2, 0.25) is 0 Å². The summed E-state index contributed by atoms with van der Waals surface area (Å²) >= 11 is 0. The van der Waals surface area contributed by atoms with E-state index in [4.69, 9.17) is 0 Å². The maximum atomic E-state index is 4.06. The maximum absolute atomic E-state index is 4.06. The highest BCUT2D eigenvalue weighted by atomic mass is 15.7. The van der Waals surface area contributed by atoms with E-state index in [1.54, 1.807) is 11.3 Å². The lowest BCUT2D eigenvalue weighted by Gasteiger charge is -2.17. The van der Waals surface area contributed by atoms with Crippen molar-refractivity contribution in [3.63, 3.8) is 0 Å². The van der Waals surface area contributed by atoms with Crippen LogP contribution in [0.2, 0.25) is 0 Å². The maximum Gasteiger partial charge on any atom is 0.138 e. The van der Waals surface area contributed by atoms with E-state index in [-0.39, 0.29) is 0 Å². The zero-order valence-corrected chi connectivity index (χ0v) is 7.52. The largest absolute Gasteiger partial charge is 0.237 e. The van der Waals surface area contributed by atoms with Crippen molar-refractivity contribution in [1.29, 1.82) is 0 Å². The van der Waals surface area contributed by atoms with Crippen molar-refractivity contribution < 1.29 is 0 Å². The summed E-state index contributed by atoms with van der Waals surface area (Å²) in [6.45, 7) is 5.72. The lowest BCUT2D eigenvalue weighted by Crippen LogP contribution is -2.19. The Morgan fingerprint density at radius 3 is 2.83 bits per heavy atom. The summed E-state index contributed by atoms with van der Waals surface area (Å²) < 4.78 is 0. The van der Waals surface area contributed by atoms with Gasteiger partial charge in [0.25, 0.3) is 0 Å². The SMILES string of the molecule is C/C=N\N1N=CN=C(C)/C1=C/C. The van der Waals surface area contributed by atoms with Gasteiger partial charge in [-0.1, -0.05) is 6.08 Å². The molecule has 0 aromatic heterocycles. The van der Waals surface area contributed by atoms with Crippen LogP contribution >= 0.6 is 0 Å². The zero-order chi connectivity index (χ0) is 8.97. The summed E-state index contributed by atoms with van der Waals surface area (Å²) in [6, 6.07) is 0. The highest BCUT2D eigenvalue weighted by Gasteiger charge is 2.11. The van der Waals surface area contributed by atoms with E-state index >= 15 is 0 Å². The molecule has 4 heteroatoms. The Hall–Kier alpha value is -1.45. The fourth-order valence-electron chi connectivity index (χ4n) is 0.960. The van der Waals surface area contributed by atoms with Gasteiger partial charge in [-0.05, 0) is 20.8 Å². The van der Waals surface area contributed by atoms with Crippen LogP contribution in [0.4, 0.5) is 0 Å². The molecule has 0 spiro atoms. The first-order chi connectivity index (χ1) is 5.79. The third kappa shape index (κ3) is 1.58. The molecule has 0 aliphatic carbocycles. The van der Waals surface area contributed by atoms with Crippen molar-refractivity contribution in [3.8, 4) is 0 Å². The molecule has 0 atom stereocenters. The third-order valence-corrected chi connectivity index (χ3v) is 1.50. The van der Waals surface area contributed by atoms with Crippen molar-refractivity contribution in [2.45, 2.75) is 20.8 Å². The molecule has 1 rings (SSSR count). The highest BCUT2D eigenvalue weighted by molar-refractivity contribution is 6.02. The fraction of sp³-hybridized carbons (Fsp3) is 0.375. The quantitative estimate of drug-likeness (QED) is 0.543. The molecule has 0 aromatic rings. The molecule has 1 heterocycles. The van der Waals surface area contributed by atoms with E-state index in [1.165, 1.54) is 6.34 Å². The number of hydrogen-bond donors (Lipinski definition) is 0. The molecule has 0 amide bonds. The summed E-state index contributed by atoms with van der Waals surface area (Å²) in [5.74, 6) is 0. The van der Waals surface area contributed by atoms with Gasteiger partial charge in [0, 0.05) is 6.21 Å². The number of allylic oxidation sites excluding steroid dienone is 2. The molecule has 0 N–H and O–H groups in total. The molecular weight excluding hydrogens is 152 g/mol. The van der Waals surface area contributed by atoms with Crippen LogP contribution in [-0.4, -0.2) is 23.4 Å². The molecule has 0 saturated heterocycles. The van der Waals surface area contributed by atoms with Gasteiger partial charge in [-0.2, -0.15) is 5.10 Å². The van der Waals surface area contributed by atoms with Crippen molar-refractivity contribution >= 4 is 18.3 Å². The van der Waals surface area contributed by atoms with Crippen LogP contribution < -0.4 is 0 Å². The fourth-order valence-corrected chi connectivity index (χ4v) is 0.960. The molecule has 0 bridgehead atoms. The van der Waals surface area contributed by atoms with Gasteiger partial charge in [0.15, 0.2) is 0 Å². The van der Waals surface area contributed by atoms with Crippen molar-refractivity contribution in [3.05, 3.63) is 11.8 Å². The second-order valence-corrected chi connectivity index (χ2v) is 2.28. The van der Waals surface area contributed by atoms with E-state index in [0.717, 1.165) is 11.4 Å². The summed E-state index contributed by atoms with van der Waals surface area (Å²) in [7, 11) is 0. The Morgan fingerprint density at radius 1 is 1.50 bits per heavy atom. The van der Waals surface area contributed by atoms with Gasteiger partial charge in [-0.25, -0.2) is 4.99 Å². The minimum absolute atomic E-state index is 0.926. The number of aliphatic imine (C=N–C) groups is 1. The number of hydrazone groups is 2. The summed E-state index contributed by atoms with van der Waals surface area (Å²) in [4.78, 5) is 4.06. The molecular formula is C8H12N4. The molecule has 1 aliphatic rings. The van der Waals surface area contributed by atoms with Gasteiger partial charge < -0.3 is 0 Å². The zero-order valence-electron chi connectivity index (χ0n) is 7.52. The van der Waals surface area contributed by atoms with Gasteiger partial charge in [0.1, 0.15) is 12.0 Å². The number of rotatable bonds is 1. The molecule has 0 aromatic carbocycles. The van der Waals surface area contributed by atoms with Gasteiger partial charge >= 0.3 is 0 Å². The van der Waals surface area contributed by atoms with Gasteiger partial charge in [-0.15, -0.1) is 10.2 Å². The van der Waals surface area contributed by atoms with Gasteiger partial charge in [-0.3, -0.25) is 0 Å². The Kier molecular flexibility index (Phi) is 2.74. The molecule has 0 fully saturated rings. The normalized spacial score (nSPS) is 20.8. The highest BCUT2D eigenvalue weighted by Crippen LogP contribution is 2.10. The molecule has 4 nitrogen and oxygen atoms in total. The standard InChI is InChI=1S/C8H12N4/c1-4-8-7(3)9-6-11-12(8)10-5-2/h4-6H,1-3H3/b8-4-,10-5-. The topological polar surface area (TPSA) is 40.3 Å². The minimum Gasteiger partial charge on any atom is -0.237 e. The van der Waals surface area contributed by atoms with Crippen LogP contribution in [-0.2, 0) is 0 Å². The predicted molar refractivity (Wildman–Crippen MR) is 51.4 cm³/mol. The van der Waals surface area contributed by atoms with Crippen LogP contribution in [0, 0.1) is 0 Å². The second-order valence-electron chi connectivity index (χ2n) is 2.28. The summed E-state index contributed by atoms with van der Waals surface area (Å²) in [5, 5.41) is 9.58. The van der Waals surface area contributed by atoms with E-state index in [0.29, 0.717) is 0 Å². The summed E-state index contributed by atoms with van der Waals surface area (Å²) in [6.07, 6.45) is 5.12. The van der Waals surface area contributed by atoms with Gasteiger partial charge in [0.05, 0.1) is 5.71 Å². The molecule has 0 radical (unpaired) electrons. The van der Waals surface area contributed by atoms with E-state index in [1.807, 2.05) is 26.8 Å². The molecule has 12 heavy (non-hydrogen) atoms. The smallest absolute Gasteiger partial charge is 0.138 e. The van der Waals surface area contributed by atoms with E-state index in [2.05, 4.69) is 15.2 Å². The molecule has 1 aliphatic heterocycles. The van der Waals surface area contributed by atoms with Crippen LogP contribution in [0.3, 0.4) is 0 Å². The lowest BCUT2D eigenvalue weighted by atomic mass is 10.3. The van der Waals surface area contributed by atoms with Crippen LogP contribution in [0.15, 0.2) is 27.0 Å². The Labute approximate surface area is 72.0 Å². The predicted octanol–water partition coefficient (Wildman–Crippen LogP) is 1.62. The molecule has 0 unspecified atom stereocenters. The third-order valence-electron chi connectivity index (χ3n) is 1.50. The first-order valence-corrected chi connectivity index (χ1v) is 3.82. The van der Waals surface area contributed by atoms with Crippen molar-refractivity contribution in [2.75, 3.05) is 0 Å². The van der Waals surface area contributed by atoms with E-state index in [9.17, 15) is 0 Å². The average Bonchev–Trinajstić information content (AvgIpc) is 2.05. The van der Waals surface area contributed by atoms with Crippen LogP contribution in [0.5, 0.6) is 0 Å². The minimum atomic E-state index is 0.926. The monoisotopic (exact) mass is 164 g/mol. The van der Waals surface area contributed by atoms with E-state index < -0.39 is 0 Å². The number of nitrogens with zero attached hydrogens (tertiary/aromatic N) is 4. The summed E-state index contributed by atoms with van der Waals surface area (Å²) in [5.41, 5.74) is 1.86. The molecule has 0 saturated carbocycles. The first kappa shape index (κ1) is 8.64.